The van der Waals surface area contributed by atoms with Crippen LogP contribution < -0.4 is 14.8 Å². The van der Waals surface area contributed by atoms with E-state index in [2.05, 4.69) is 12.2 Å². The third-order valence-corrected chi connectivity index (χ3v) is 4.76. The zero-order chi connectivity index (χ0) is 15.5. The first kappa shape index (κ1) is 15.5. The van der Waals surface area contributed by atoms with Gasteiger partial charge < -0.3 is 14.8 Å². The molecule has 1 aliphatic heterocycles. The number of carbonyl (C=O) groups excluding carboxylic acids is 1. The summed E-state index contributed by atoms with van der Waals surface area (Å²) in [5, 5.41) is 3.67. The number of hydrogen-bond donors (Lipinski definition) is 1. The Hall–Kier alpha value is -1.42. The van der Waals surface area contributed by atoms with E-state index < -0.39 is 0 Å². The minimum absolute atomic E-state index is 0.0477. The molecule has 4 nitrogen and oxygen atoms in total. The third-order valence-electron chi connectivity index (χ3n) is 4.48. The zero-order valence-electron chi connectivity index (χ0n) is 12.9. The van der Waals surface area contributed by atoms with E-state index in [9.17, 15) is 4.79 Å². The van der Waals surface area contributed by atoms with E-state index in [0.717, 1.165) is 12.0 Å². The topological polar surface area (TPSA) is 47.6 Å². The van der Waals surface area contributed by atoms with Crippen molar-refractivity contribution in [1.29, 1.82) is 0 Å². The Morgan fingerprint density at radius 1 is 1.27 bits per heavy atom. The lowest BCUT2D eigenvalue weighted by molar-refractivity contribution is -0.121. The molecule has 22 heavy (non-hydrogen) atoms. The summed E-state index contributed by atoms with van der Waals surface area (Å²) >= 11 is 6.21. The Morgan fingerprint density at radius 3 is 2.86 bits per heavy atom. The average Bonchev–Trinajstić information content (AvgIpc) is 2.49. The largest absolute Gasteiger partial charge is 0.486 e. The van der Waals surface area contributed by atoms with Crippen molar-refractivity contribution in [3.63, 3.8) is 0 Å². The number of rotatable bonds is 3. The number of ether oxygens (including phenoxy) is 2. The van der Waals surface area contributed by atoms with Crippen LogP contribution in [0.15, 0.2) is 12.1 Å². The van der Waals surface area contributed by atoms with Crippen molar-refractivity contribution in [3.05, 3.63) is 22.7 Å². The van der Waals surface area contributed by atoms with Crippen LogP contribution in [0.3, 0.4) is 0 Å². The van der Waals surface area contributed by atoms with Gasteiger partial charge >= 0.3 is 0 Å². The van der Waals surface area contributed by atoms with Crippen molar-refractivity contribution < 1.29 is 14.3 Å². The van der Waals surface area contributed by atoms with Gasteiger partial charge in [0.1, 0.15) is 13.2 Å². The Bertz CT molecular complexity index is 561. The first-order valence-corrected chi connectivity index (χ1v) is 8.38. The highest BCUT2D eigenvalue weighted by molar-refractivity contribution is 6.32. The molecule has 0 aromatic heterocycles. The van der Waals surface area contributed by atoms with Gasteiger partial charge in [0.15, 0.2) is 11.5 Å². The standard InChI is InChI=1S/C17H22ClNO3/c1-11-4-2-3-5-14(11)19-16(20)10-12-8-13(18)17-15(9-12)21-6-7-22-17/h8-9,11,14H,2-7,10H2,1H3,(H,19,20). The molecule has 2 atom stereocenters. The first-order valence-electron chi connectivity index (χ1n) is 8.01. The third kappa shape index (κ3) is 3.49. The molecule has 1 aliphatic carbocycles. The van der Waals surface area contributed by atoms with Crippen molar-refractivity contribution >= 4 is 17.5 Å². The molecule has 1 aromatic carbocycles. The number of halogens is 1. The van der Waals surface area contributed by atoms with E-state index in [1.54, 1.807) is 6.07 Å². The second-order valence-corrected chi connectivity index (χ2v) is 6.62. The van der Waals surface area contributed by atoms with Crippen molar-refractivity contribution in [3.8, 4) is 11.5 Å². The summed E-state index contributed by atoms with van der Waals surface area (Å²) in [4.78, 5) is 12.3. The smallest absolute Gasteiger partial charge is 0.224 e. The second-order valence-electron chi connectivity index (χ2n) is 6.21. The van der Waals surface area contributed by atoms with Gasteiger partial charge in [0, 0.05) is 6.04 Å². The maximum Gasteiger partial charge on any atom is 0.224 e. The summed E-state index contributed by atoms with van der Waals surface area (Å²) in [6.07, 6.45) is 5.06. The van der Waals surface area contributed by atoms with Crippen molar-refractivity contribution in [2.45, 2.75) is 45.1 Å². The van der Waals surface area contributed by atoms with E-state index in [1.807, 2.05) is 6.07 Å². The van der Waals surface area contributed by atoms with Crippen LogP contribution in [0.2, 0.25) is 5.02 Å². The van der Waals surface area contributed by atoms with Gasteiger partial charge in [0.25, 0.3) is 0 Å². The van der Waals surface area contributed by atoms with E-state index in [-0.39, 0.29) is 5.91 Å². The SMILES string of the molecule is CC1CCCCC1NC(=O)Cc1cc(Cl)c2c(c1)OCCO2. The summed E-state index contributed by atoms with van der Waals surface area (Å²) < 4.78 is 11.0. The maximum absolute atomic E-state index is 12.3. The molecule has 2 unspecified atom stereocenters. The van der Waals surface area contributed by atoms with Gasteiger partial charge in [-0.1, -0.05) is 31.4 Å². The molecule has 1 fully saturated rings. The molecule has 1 saturated carbocycles. The van der Waals surface area contributed by atoms with Crippen LogP contribution in [0.5, 0.6) is 11.5 Å². The Morgan fingerprint density at radius 2 is 2.05 bits per heavy atom. The summed E-state index contributed by atoms with van der Waals surface area (Å²) in [5.74, 6) is 1.82. The molecule has 5 heteroatoms. The summed E-state index contributed by atoms with van der Waals surface area (Å²) in [6.45, 7) is 3.23. The number of carbonyl (C=O) groups is 1. The highest BCUT2D eigenvalue weighted by Crippen LogP contribution is 2.38. The van der Waals surface area contributed by atoms with Crippen molar-refractivity contribution in [1.82, 2.24) is 5.32 Å². The predicted molar refractivity (Wildman–Crippen MR) is 85.7 cm³/mol. The number of benzene rings is 1. The summed E-state index contributed by atoms with van der Waals surface area (Å²) in [5.41, 5.74) is 0.857. The fourth-order valence-corrected chi connectivity index (χ4v) is 3.53. The Balaban J connectivity index is 1.65. The van der Waals surface area contributed by atoms with Crippen LogP contribution in [-0.2, 0) is 11.2 Å². The molecule has 1 amide bonds. The van der Waals surface area contributed by atoms with Gasteiger partial charge in [-0.15, -0.1) is 0 Å². The molecule has 0 radical (unpaired) electrons. The average molecular weight is 324 g/mol. The molecular weight excluding hydrogens is 302 g/mol. The van der Waals surface area contributed by atoms with Crippen LogP contribution in [0, 0.1) is 5.92 Å². The minimum Gasteiger partial charge on any atom is -0.486 e. The van der Waals surface area contributed by atoms with Crippen LogP contribution in [-0.4, -0.2) is 25.2 Å². The van der Waals surface area contributed by atoms with Gasteiger partial charge in [-0.2, -0.15) is 0 Å². The van der Waals surface area contributed by atoms with Gasteiger partial charge in [-0.05, 0) is 36.5 Å². The van der Waals surface area contributed by atoms with Crippen molar-refractivity contribution in [2.75, 3.05) is 13.2 Å². The fourth-order valence-electron chi connectivity index (χ4n) is 3.24. The fraction of sp³-hybridized carbons (Fsp3) is 0.588. The lowest BCUT2D eigenvalue weighted by Crippen LogP contribution is -2.41. The molecule has 0 bridgehead atoms. The molecule has 0 spiro atoms. The Kier molecular flexibility index (Phi) is 4.77. The highest BCUT2D eigenvalue weighted by atomic mass is 35.5. The molecule has 3 rings (SSSR count). The molecule has 1 aromatic rings. The van der Waals surface area contributed by atoms with Crippen LogP contribution in [0.25, 0.3) is 0 Å². The van der Waals surface area contributed by atoms with E-state index in [0.29, 0.717) is 48.1 Å². The number of hydrogen-bond acceptors (Lipinski definition) is 3. The number of nitrogens with one attached hydrogen (secondary N) is 1. The van der Waals surface area contributed by atoms with E-state index in [1.165, 1.54) is 19.3 Å². The lowest BCUT2D eigenvalue weighted by atomic mass is 9.86. The van der Waals surface area contributed by atoms with E-state index in [4.69, 9.17) is 21.1 Å². The van der Waals surface area contributed by atoms with Gasteiger partial charge in [0.05, 0.1) is 11.4 Å². The lowest BCUT2D eigenvalue weighted by Gasteiger charge is -2.29. The van der Waals surface area contributed by atoms with Gasteiger partial charge in [-0.3, -0.25) is 4.79 Å². The maximum atomic E-state index is 12.3. The molecular formula is C17H22ClNO3. The zero-order valence-corrected chi connectivity index (χ0v) is 13.6. The van der Waals surface area contributed by atoms with Crippen LogP contribution in [0.1, 0.15) is 38.2 Å². The Labute approximate surface area is 136 Å². The van der Waals surface area contributed by atoms with Crippen molar-refractivity contribution in [2.24, 2.45) is 5.92 Å². The quantitative estimate of drug-likeness (QED) is 0.928. The molecule has 1 N–H and O–H groups in total. The number of fused-ring (bicyclic) bond motifs is 1. The molecule has 120 valence electrons. The van der Waals surface area contributed by atoms with Crippen LogP contribution >= 0.6 is 11.6 Å². The monoisotopic (exact) mass is 323 g/mol. The normalized spacial score (nSPS) is 23.9. The molecule has 2 aliphatic rings. The summed E-state index contributed by atoms with van der Waals surface area (Å²) in [7, 11) is 0. The highest BCUT2D eigenvalue weighted by Gasteiger charge is 2.23. The predicted octanol–water partition coefficient (Wildman–Crippen LogP) is 3.35. The van der Waals surface area contributed by atoms with Gasteiger partial charge in [-0.25, -0.2) is 0 Å². The first-order chi connectivity index (χ1) is 10.6. The summed E-state index contributed by atoms with van der Waals surface area (Å²) in [6, 6.07) is 3.94. The second kappa shape index (κ2) is 6.78. The van der Waals surface area contributed by atoms with Gasteiger partial charge in [0.2, 0.25) is 5.91 Å². The molecule has 0 saturated heterocycles. The number of amides is 1. The minimum atomic E-state index is 0.0477. The van der Waals surface area contributed by atoms with Crippen LogP contribution in [0.4, 0.5) is 0 Å². The molecule has 1 heterocycles. The van der Waals surface area contributed by atoms with E-state index >= 15 is 0 Å².